The van der Waals surface area contributed by atoms with Gasteiger partial charge in [0, 0.05) is 56.9 Å². The van der Waals surface area contributed by atoms with Gasteiger partial charge >= 0.3 is 0 Å². The highest BCUT2D eigenvalue weighted by molar-refractivity contribution is 5.87. The molecule has 4 nitrogen and oxygen atoms in total. The van der Waals surface area contributed by atoms with Gasteiger partial charge in [0.1, 0.15) is 0 Å². The van der Waals surface area contributed by atoms with Gasteiger partial charge < -0.3 is 19.6 Å². The van der Waals surface area contributed by atoms with E-state index in [4.69, 9.17) is 0 Å². The fraction of sp³-hybridized carbons (Fsp3) is 0.273. The summed E-state index contributed by atoms with van der Waals surface area (Å²) in [5, 5.41) is 0. The molecule has 0 amide bonds. The Labute approximate surface area is 619 Å². The Morgan fingerprint density at radius 2 is 0.485 bits per heavy atom. The molecule has 12 rings (SSSR count). The smallest absolute Gasteiger partial charge is 0.0531 e. The van der Waals surface area contributed by atoms with Crippen LogP contribution in [0.1, 0.15) is 181 Å². The van der Waals surface area contributed by atoms with Crippen LogP contribution in [0.3, 0.4) is 0 Å². The molecule has 0 aliphatic rings. The van der Waals surface area contributed by atoms with Crippen LogP contribution in [0.25, 0.3) is 22.3 Å². The van der Waals surface area contributed by atoms with E-state index >= 15 is 0 Å². The van der Waals surface area contributed by atoms with Crippen LogP contribution in [0.15, 0.2) is 267 Å². The number of rotatable bonds is 19. The lowest BCUT2D eigenvalue weighted by Crippen LogP contribution is -2.24. The topological polar surface area (TPSA) is 13.0 Å². The van der Waals surface area contributed by atoms with Crippen LogP contribution < -0.4 is 19.6 Å². The van der Waals surface area contributed by atoms with E-state index in [1.54, 1.807) is 0 Å². The molecular formula is C99H110N4. The summed E-state index contributed by atoms with van der Waals surface area (Å²) in [5.74, 6) is 1.76. The van der Waals surface area contributed by atoms with Crippen LogP contribution in [0.4, 0.5) is 68.2 Å². The zero-order chi connectivity index (χ0) is 73.6. The summed E-state index contributed by atoms with van der Waals surface area (Å²) in [6.45, 7) is 45.5. The van der Waals surface area contributed by atoms with Crippen LogP contribution in [0, 0.1) is 47.5 Å². The summed E-state index contributed by atoms with van der Waals surface area (Å²) in [5.41, 5.74) is 34.9. The largest absolute Gasteiger partial charge is 0.311 e. The van der Waals surface area contributed by atoms with Gasteiger partial charge in [0.25, 0.3) is 0 Å². The molecule has 0 N–H and O–H groups in total. The van der Waals surface area contributed by atoms with Crippen LogP contribution >= 0.6 is 0 Å². The third-order valence-corrected chi connectivity index (χ3v) is 20.0. The van der Waals surface area contributed by atoms with Crippen molar-refractivity contribution in [3.8, 4) is 22.3 Å². The van der Waals surface area contributed by atoms with E-state index in [9.17, 15) is 0 Å². The van der Waals surface area contributed by atoms with E-state index in [1.807, 2.05) is 0 Å². The number of aryl methyl sites for hydroxylation is 6. The van der Waals surface area contributed by atoms with Crippen molar-refractivity contribution >= 4 is 68.2 Å². The second-order valence-electron chi connectivity index (χ2n) is 32.2. The molecule has 526 valence electrons. The van der Waals surface area contributed by atoms with Crippen molar-refractivity contribution in [3.63, 3.8) is 0 Å². The molecule has 0 saturated heterocycles. The minimum atomic E-state index is -0.0575. The quantitative estimate of drug-likeness (QED) is 0.0800. The number of benzene rings is 12. The minimum Gasteiger partial charge on any atom is -0.311 e. The van der Waals surface area contributed by atoms with E-state index < -0.39 is 0 Å². The average Bonchev–Trinajstić information content (AvgIpc) is 0.761. The highest BCUT2D eigenvalue weighted by atomic mass is 15.2. The third-order valence-electron chi connectivity index (χ3n) is 20.0. The molecule has 0 unspecified atom stereocenters. The lowest BCUT2D eigenvalue weighted by Gasteiger charge is -2.36. The normalized spacial score (nSPS) is 11.7. The molecule has 0 heterocycles. The summed E-state index contributed by atoms with van der Waals surface area (Å²) in [7, 11) is 0. The second-order valence-corrected chi connectivity index (χ2v) is 32.2. The predicted octanol–water partition coefficient (Wildman–Crippen LogP) is 29.6. The van der Waals surface area contributed by atoms with Crippen molar-refractivity contribution in [2.24, 2.45) is 5.92 Å². The number of hydrogen-bond donors (Lipinski definition) is 0. The number of hydrogen-bond acceptors (Lipinski definition) is 4. The van der Waals surface area contributed by atoms with Gasteiger partial charge in [-0.25, -0.2) is 0 Å². The number of nitrogens with zero attached hydrogens (tertiary/aromatic N) is 4. The lowest BCUT2D eigenvalue weighted by atomic mass is 9.77. The first-order valence-corrected chi connectivity index (χ1v) is 37.5. The summed E-state index contributed by atoms with van der Waals surface area (Å²) in [6, 6.07) is 99.2. The van der Waals surface area contributed by atoms with E-state index in [0.29, 0.717) is 23.7 Å². The molecule has 0 aromatic heterocycles. The molecule has 12 aromatic rings. The molecule has 0 aliphatic heterocycles. The second kappa shape index (κ2) is 31.6. The van der Waals surface area contributed by atoms with Gasteiger partial charge in [-0.1, -0.05) is 276 Å². The predicted molar refractivity (Wildman–Crippen MR) is 449 cm³/mol. The van der Waals surface area contributed by atoms with Gasteiger partial charge in [-0.3, -0.25) is 0 Å². The Kier molecular flexibility index (Phi) is 22.7. The van der Waals surface area contributed by atoms with Gasteiger partial charge in [-0.2, -0.15) is 0 Å². The molecule has 0 atom stereocenters. The SMILES string of the molecule is Cc1ccc(N(c2ccc(C)cc2)c2ccc(-c3ccc(N(c4ccc(C)cc4)c4c(C(C)C)cc(C(C)C)cc4C(C)C)cc3)cc2)cc1.Cc1ccc(N(c2ccc(C)cc2)c2ccc(-c3ccc(N(c4ccc(C)cc4)c4c(CC(C)C)cc(C(C)(C)C)cc4C(C)(C)C)cc3)cc2)cc1. The zero-order valence-corrected chi connectivity index (χ0v) is 65.2. The maximum absolute atomic E-state index is 2.51. The van der Waals surface area contributed by atoms with Crippen molar-refractivity contribution in [2.75, 3.05) is 19.6 Å². The molecule has 0 radical (unpaired) electrons. The first-order chi connectivity index (χ1) is 49.1. The van der Waals surface area contributed by atoms with Gasteiger partial charge in [-0.15, -0.1) is 0 Å². The van der Waals surface area contributed by atoms with E-state index in [0.717, 1.165) is 46.2 Å². The summed E-state index contributed by atoms with van der Waals surface area (Å²) < 4.78 is 0. The van der Waals surface area contributed by atoms with E-state index in [2.05, 4.69) is 425 Å². The molecule has 103 heavy (non-hydrogen) atoms. The van der Waals surface area contributed by atoms with E-state index in [1.165, 1.54) is 117 Å². The standard InChI is InChI=1S/C51H58N2.C48H52N2/c1-35(2)32-41-33-42(50(6,7)8)34-48(51(9,10)11)49(41)53(46-26-16-38(5)17-27-46)47-30-20-40(21-31-47)39-18-28-45(29-19-39)52(43-22-12-36(3)13-23-43)44-24-14-37(4)15-25-44;1-32(2)40-30-46(33(3)4)48(47(31-40)34(5)6)50(44-24-14-37(9)15-25-44)45-28-18-39(19-29-45)38-16-26-43(27-17-38)49(41-20-10-35(7)11-21-41)42-22-12-36(8)13-23-42/h12-31,33-35H,32H2,1-11H3;10-34H,1-9H3. The zero-order valence-electron chi connectivity index (χ0n) is 65.2. The van der Waals surface area contributed by atoms with Crippen molar-refractivity contribution < 1.29 is 0 Å². The molecule has 0 aliphatic carbocycles. The Balaban J connectivity index is 0.000000207. The van der Waals surface area contributed by atoms with Crippen molar-refractivity contribution in [1.29, 1.82) is 0 Å². The van der Waals surface area contributed by atoms with Gasteiger partial charge in [-0.05, 0) is 259 Å². The van der Waals surface area contributed by atoms with Crippen LogP contribution in [0.2, 0.25) is 0 Å². The highest BCUT2D eigenvalue weighted by Crippen LogP contribution is 2.49. The monoisotopic (exact) mass is 1350 g/mol. The Hall–Kier alpha value is -10.2. The summed E-state index contributed by atoms with van der Waals surface area (Å²) in [6.07, 6.45) is 1.01. The molecular weight excluding hydrogens is 1250 g/mol. The van der Waals surface area contributed by atoms with Gasteiger partial charge in [0.05, 0.1) is 11.4 Å². The van der Waals surface area contributed by atoms with Gasteiger partial charge in [0.15, 0.2) is 0 Å². The van der Waals surface area contributed by atoms with Crippen LogP contribution in [0.5, 0.6) is 0 Å². The Morgan fingerprint density at radius 3 is 0.699 bits per heavy atom. The van der Waals surface area contributed by atoms with Crippen LogP contribution in [-0.2, 0) is 17.3 Å². The lowest BCUT2D eigenvalue weighted by molar-refractivity contribution is 0.563. The van der Waals surface area contributed by atoms with Gasteiger partial charge in [0.2, 0.25) is 0 Å². The summed E-state index contributed by atoms with van der Waals surface area (Å²) in [4.78, 5) is 9.66. The summed E-state index contributed by atoms with van der Waals surface area (Å²) >= 11 is 0. The van der Waals surface area contributed by atoms with Crippen LogP contribution in [-0.4, -0.2) is 0 Å². The number of anilines is 12. The molecule has 4 heteroatoms. The Bertz CT molecular complexity index is 4640. The fourth-order valence-corrected chi connectivity index (χ4v) is 13.8. The van der Waals surface area contributed by atoms with Crippen molar-refractivity contribution in [3.05, 3.63) is 334 Å². The Morgan fingerprint density at radius 1 is 0.252 bits per heavy atom. The third kappa shape index (κ3) is 17.5. The molecule has 0 bridgehead atoms. The average molecular weight is 1360 g/mol. The first-order valence-electron chi connectivity index (χ1n) is 37.5. The van der Waals surface area contributed by atoms with Crippen molar-refractivity contribution in [1.82, 2.24) is 0 Å². The molecule has 12 aromatic carbocycles. The highest BCUT2D eigenvalue weighted by Gasteiger charge is 2.31. The maximum atomic E-state index is 2.51. The van der Waals surface area contributed by atoms with Crippen molar-refractivity contribution in [2.45, 2.75) is 173 Å². The first kappa shape index (κ1) is 74.0. The molecule has 0 saturated carbocycles. The fourth-order valence-electron chi connectivity index (χ4n) is 13.8. The molecule has 0 fully saturated rings. The molecule has 0 spiro atoms. The maximum Gasteiger partial charge on any atom is 0.0531 e. The van der Waals surface area contributed by atoms with E-state index in [-0.39, 0.29) is 10.8 Å². The minimum absolute atomic E-state index is 0.0491.